The number of para-hydroxylation sites is 1. The topological polar surface area (TPSA) is 51.1 Å². The van der Waals surface area contributed by atoms with Crippen LogP contribution < -0.4 is 10.9 Å². The van der Waals surface area contributed by atoms with E-state index in [9.17, 15) is 9.59 Å². The van der Waals surface area contributed by atoms with Gasteiger partial charge in [-0.25, -0.2) is 0 Å². The third-order valence-corrected chi connectivity index (χ3v) is 4.33. The molecule has 4 nitrogen and oxygen atoms in total. The molecule has 0 radical (unpaired) electrons. The number of carbonyl (C=O) groups is 1. The second kappa shape index (κ2) is 6.82. The van der Waals surface area contributed by atoms with Gasteiger partial charge in [-0.2, -0.15) is 0 Å². The molecule has 1 aromatic carbocycles. The Bertz CT molecular complexity index is 781. The van der Waals surface area contributed by atoms with Crippen LogP contribution in [0.4, 0.5) is 5.69 Å². The number of pyridine rings is 1. The Balaban J connectivity index is 2.50. The standard InChI is InChI=1S/C19H24N2O2/c1-6-14-9-8-10-15(7-2)17(14)20-18(22)16-12(3)11-13(4)21(5)19(16)23/h8-11H,6-7H2,1-5H3,(H,20,22). The van der Waals surface area contributed by atoms with Gasteiger partial charge in [0.1, 0.15) is 5.56 Å². The molecule has 1 N–H and O–H groups in total. The van der Waals surface area contributed by atoms with Crippen molar-refractivity contribution in [3.05, 3.63) is 62.6 Å². The Hall–Kier alpha value is -2.36. The maximum absolute atomic E-state index is 12.7. The number of rotatable bonds is 4. The lowest BCUT2D eigenvalue weighted by molar-refractivity contribution is 0.102. The zero-order chi connectivity index (χ0) is 17.1. The van der Waals surface area contributed by atoms with E-state index >= 15 is 0 Å². The Morgan fingerprint density at radius 2 is 1.70 bits per heavy atom. The highest BCUT2D eigenvalue weighted by atomic mass is 16.2. The Labute approximate surface area is 137 Å². The first-order valence-electron chi connectivity index (χ1n) is 8.00. The molecular formula is C19H24N2O2. The Morgan fingerprint density at radius 3 is 2.22 bits per heavy atom. The van der Waals surface area contributed by atoms with Crippen LogP contribution in [0, 0.1) is 13.8 Å². The normalized spacial score (nSPS) is 10.7. The highest BCUT2D eigenvalue weighted by molar-refractivity contribution is 6.05. The molecule has 0 aliphatic carbocycles. The quantitative estimate of drug-likeness (QED) is 0.941. The number of anilines is 1. The average molecular weight is 312 g/mol. The molecule has 23 heavy (non-hydrogen) atoms. The van der Waals surface area contributed by atoms with E-state index in [0.29, 0.717) is 5.56 Å². The minimum atomic E-state index is -0.335. The number of hydrogen-bond acceptors (Lipinski definition) is 2. The number of hydrogen-bond donors (Lipinski definition) is 1. The third-order valence-electron chi connectivity index (χ3n) is 4.33. The summed E-state index contributed by atoms with van der Waals surface area (Å²) in [6.07, 6.45) is 1.66. The molecule has 0 atom stereocenters. The Morgan fingerprint density at radius 1 is 1.13 bits per heavy atom. The molecule has 0 unspecified atom stereocenters. The summed E-state index contributed by atoms with van der Waals surface area (Å²) >= 11 is 0. The highest BCUT2D eigenvalue weighted by Crippen LogP contribution is 2.23. The van der Waals surface area contributed by atoms with Crippen LogP contribution in [0.3, 0.4) is 0 Å². The van der Waals surface area contributed by atoms with E-state index in [-0.39, 0.29) is 17.0 Å². The SMILES string of the molecule is CCc1cccc(CC)c1NC(=O)c1c(C)cc(C)n(C)c1=O. The predicted molar refractivity (Wildman–Crippen MR) is 94.3 cm³/mol. The summed E-state index contributed by atoms with van der Waals surface area (Å²) in [6.45, 7) is 7.77. The molecule has 2 rings (SSSR count). The molecule has 1 heterocycles. The van der Waals surface area contributed by atoms with E-state index in [1.807, 2.05) is 31.2 Å². The first kappa shape index (κ1) is 17.0. The van der Waals surface area contributed by atoms with Crippen LogP contribution in [0.25, 0.3) is 0 Å². The molecule has 1 aromatic heterocycles. The highest BCUT2D eigenvalue weighted by Gasteiger charge is 2.18. The fourth-order valence-corrected chi connectivity index (χ4v) is 2.83. The van der Waals surface area contributed by atoms with Gasteiger partial charge in [-0.15, -0.1) is 0 Å². The zero-order valence-corrected chi connectivity index (χ0v) is 14.5. The third kappa shape index (κ3) is 3.21. The molecule has 0 saturated heterocycles. The van der Waals surface area contributed by atoms with Gasteiger partial charge in [0.05, 0.1) is 0 Å². The number of nitrogens with one attached hydrogen (secondary N) is 1. The van der Waals surface area contributed by atoms with Crippen LogP contribution in [-0.4, -0.2) is 10.5 Å². The monoisotopic (exact) mass is 312 g/mol. The van der Waals surface area contributed by atoms with Gasteiger partial charge in [0.2, 0.25) is 0 Å². The Kier molecular flexibility index (Phi) is 5.04. The average Bonchev–Trinajstić information content (AvgIpc) is 2.52. The summed E-state index contributed by atoms with van der Waals surface area (Å²) in [5.74, 6) is -0.335. The van der Waals surface area contributed by atoms with Gasteiger partial charge in [-0.1, -0.05) is 32.0 Å². The van der Waals surface area contributed by atoms with Crippen LogP contribution in [0.5, 0.6) is 0 Å². The van der Waals surface area contributed by atoms with Crippen molar-refractivity contribution in [3.63, 3.8) is 0 Å². The lowest BCUT2D eigenvalue weighted by Gasteiger charge is -2.16. The smallest absolute Gasteiger partial charge is 0.263 e. The van der Waals surface area contributed by atoms with E-state index in [1.165, 1.54) is 4.57 Å². The van der Waals surface area contributed by atoms with Crippen molar-refractivity contribution in [2.24, 2.45) is 7.05 Å². The first-order chi connectivity index (χ1) is 10.9. The maximum Gasteiger partial charge on any atom is 0.263 e. The molecule has 0 saturated carbocycles. The van der Waals surface area contributed by atoms with Gasteiger partial charge in [-0.3, -0.25) is 9.59 Å². The summed E-state index contributed by atoms with van der Waals surface area (Å²) in [5.41, 5.74) is 4.50. The summed E-state index contributed by atoms with van der Waals surface area (Å²) in [6, 6.07) is 7.88. The number of nitrogens with zero attached hydrogens (tertiary/aromatic N) is 1. The molecule has 122 valence electrons. The van der Waals surface area contributed by atoms with Gasteiger partial charge >= 0.3 is 0 Å². The molecule has 0 bridgehead atoms. The van der Waals surface area contributed by atoms with E-state index in [1.54, 1.807) is 14.0 Å². The van der Waals surface area contributed by atoms with E-state index in [4.69, 9.17) is 0 Å². The molecule has 1 amide bonds. The van der Waals surface area contributed by atoms with Crippen molar-refractivity contribution < 1.29 is 4.79 Å². The van der Waals surface area contributed by atoms with Crippen LogP contribution in [0.2, 0.25) is 0 Å². The van der Waals surface area contributed by atoms with Crippen molar-refractivity contribution >= 4 is 11.6 Å². The molecule has 0 fully saturated rings. The fraction of sp³-hybridized carbons (Fsp3) is 0.368. The first-order valence-corrected chi connectivity index (χ1v) is 8.00. The molecule has 0 aliphatic heterocycles. The van der Waals surface area contributed by atoms with Gasteiger partial charge in [-0.05, 0) is 49.4 Å². The molecule has 4 heteroatoms. The van der Waals surface area contributed by atoms with Gasteiger partial charge in [0.25, 0.3) is 11.5 Å². The van der Waals surface area contributed by atoms with Gasteiger partial charge in [0.15, 0.2) is 0 Å². The predicted octanol–water partition coefficient (Wildman–Crippen LogP) is 3.38. The van der Waals surface area contributed by atoms with Crippen molar-refractivity contribution in [2.75, 3.05) is 5.32 Å². The number of aryl methyl sites for hydroxylation is 4. The van der Waals surface area contributed by atoms with Crippen LogP contribution in [-0.2, 0) is 19.9 Å². The number of aromatic nitrogens is 1. The van der Waals surface area contributed by atoms with Crippen LogP contribution in [0.15, 0.2) is 29.1 Å². The maximum atomic E-state index is 12.7. The largest absolute Gasteiger partial charge is 0.321 e. The lowest BCUT2D eigenvalue weighted by atomic mass is 10.0. The molecule has 2 aromatic rings. The van der Waals surface area contributed by atoms with Crippen molar-refractivity contribution in [3.8, 4) is 0 Å². The van der Waals surface area contributed by atoms with Crippen LogP contribution >= 0.6 is 0 Å². The molecule has 0 spiro atoms. The van der Waals surface area contributed by atoms with Crippen molar-refractivity contribution in [1.82, 2.24) is 4.57 Å². The van der Waals surface area contributed by atoms with Gasteiger partial charge in [0, 0.05) is 18.4 Å². The minimum absolute atomic E-state index is 0.214. The molecular weight excluding hydrogens is 288 g/mol. The fourth-order valence-electron chi connectivity index (χ4n) is 2.83. The summed E-state index contributed by atoms with van der Waals surface area (Å²) in [7, 11) is 1.69. The summed E-state index contributed by atoms with van der Waals surface area (Å²) < 4.78 is 1.51. The summed E-state index contributed by atoms with van der Waals surface area (Å²) in [4.78, 5) is 25.2. The number of amides is 1. The second-order valence-electron chi connectivity index (χ2n) is 5.82. The van der Waals surface area contributed by atoms with Crippen LogP contribution in [0.1, 0.15) is 46.6 Å². The zero-order valence-electron chi connectivity index (χ0n) is 14.5. The van der Waals surface area contributed by atoms with E-state index in [2.05, 4.69) is 19.2 Å². The summed E-state index contributed by atoms with van der Waals surface area (Å²) in [5, 5.41) is 2.97. The molecule has 0 aliphatic rings. The van der Waals surface area contributed by atoms with E-state index < -0.39 is 0 Å². The minimum Gasteiger partial charge on any atom is -0.321 e. The van der Waals surface area contributed by atoms with E-state index in [0.717, 1.165) is 35.3 Å². The van der Waals surface area contributed by atoms with Crippen molar-refractivity contribution in [1.29, 1.82) is 0 Å². The van der Waals surface area contributed by atoms with Crippen molar-refractivity contribution in [2.45, 2.75) is 40.5 Å². The lowest BCUT2D eigenvalue weighted by Crippen LogP contribution is -2.30. The number of carbonyl (C=O) groups excluding carboxylic acids is 1. The second-order valence-corrected chi connectivity index (χ2v) is 5.82. The number of benzene rings is 1. The van der Waals surface area contributed by atoms with Gasteiger partial charge < -0.3 is 9.88 Å².